The number of hydrogen-bond acceptors (Lipinski definition) is 6. The van der Waals surface area contributed by atoms with Gasteiger partial charge in [0.05, 0.1) is 32.0 Å². The van der Waals surface area contributed by atoms with Crippen molar-refractivity contribution in [2.45, 2.75) is 19.6 Å². The normalized spacial score (nSPS) is 25.5. The summed E-state index contributed by atoms with van der Waals surface area (Å²) in [6.07, 6.45) is 1.26. The third-order valence-electron chi connectivity index (χ3n) is 3.99. The van der Waals surface area contributed by atoms with Gasteiger partial charge in [0.25, 0.3) is 5.91 Å². The average Bonchev–Trinajstić information content (AvgIpc) is 2.92. The number of hydrogen-bond donors (Lipinski definition) is 0. The second kappa shape index (κ2) is 5.69. The SMILES string of the molecule is CC(=O)N1CCOC2(C1)CN(C(=O)c1ocnc1C)CCO2. The Hall–Kier alpha value is -1.93. The number of rotatable bonds is 1. The van der Waals surface area contributed by atoms with Crippen LogP contribution in [-0.2, 0) is 14.3 Å². The minimum absolute atomic E-state index is 0.0270. The van der Waals surface area contributed by atoms with E-state index in [9.17, 15) is 9.59 Å². The fourth-order valence-corrected chi connectivity index (χ4v) is 2.79. The first-order chi connectivity index (χ1) is 10.5. The summed E-state index contributed by atoms with van der Waals surface area (Å²) < 4.78 is 16.7. The van der Waals surface area contributed by atoms with E-state index < -0.39 is 5.79 Å². The summed E-state index contributed by atoms with van der Waals surface area (Å²) in [5.74, 6) is -0.982. The van der Waals surface area contributed by atoms with Gasteiger partial charge in [-0.05, 0) is 6.92 Å². The van der Waals surface area contributed by atoms with Crippen LogP contribution in [0.4, 0.5) is 0 Å². The third-order valence-corrected chi connectivity index (χ3v) is 3.99. The molecule has 2 aliphatic heterocycles. The van der Waals surface area contributed by atoms with Gasteiger partial charge in [-0.25, -0.2) is 4.98 Å². The number of carbonyl (C=O) groups is 2. The Morgan fingerprint density at radius 3 is 2.41 bits per heavy atom. The van der Waals surface area contributed by atoms with E-state index in [1.54, 1.807) is 16.7 Å². The Morgan fingerprint density at radius 2 is 1.82 bits per heavy atom. The molecule has 1 atom stereocenters. The number of morpholine rings is 2. The zero-order valence-electron chi connectivity index (χ0n) is 12.7. The van der Waals surface area contributed by atoms with Crippen molar-refractivity contribution in [2.75, 3.05) is 39.4 Å². The second-order valence-electron chi connectivity index (χ2n) is 5.54. The molecule has 1 spiro atoms. The molecule has 2 saturated heterocycles. The maximum Gasteiger partial charge on any atom is 0.291 e. The molecule has 22 heavy (non-hydrogen) atoms. The minimum Gasteiger partial charge on any atom is -0.438 e. The molecule has 0 bridgehead atoms. The van der Waals surface area contributed by atoms with Crippen LogP contribution < -0.4 is 0 Å². The summed E-state index contributed by atoms with van der Waals surface area (Å²) in [5, 5.41) is 0. The lowest BCUT2D eigenvalue weighted by atomic mass is 10.1. The zero-order chi connectivity index (χ0) is 15.7. The fourth-order valence-electron chi connectivity index (χ4n) is 2.79. The van der Waals surface area contributed by atoms with Crippen LogP contribution in [0.3, 0.4) is 0 Å². The van der Waals surface area contributed by atoms with Crippen molar-refractivity contribution < 1.29 is 23.5 Å². The highest BCUT2D eigenvalue weighted by atomic mass is 16.7. The maximum atomic E-state index is 12.5. The van der Waals surface area contributed by atoms with Gasteiger partial charge in [0.15, 0.2) is 6.39 Å². The van der Waals surface area contributed by atoms with Crippen molar-refractivity contribution in [3.05, 3.63) is 17.8 Å². The lowest BCUT2D eigenvalue weighted by Gasteiger charge is -2.47. The number of nitrogens with zero attached hydrogens (tertiary/aromatic N) is 3. The number of ether oxygens (including phenoxy) is 2. The van der Waals surface area contributed by atoms with E-state index in [-0.39, 0.29) is 24.1 Å². The maximum absolute atomic E-state index is 12.5. The molecule has 2 fully saturated rings. The molecule has 2 amide bonds. The number of carbonyl (C=O) groups excluding carboxylic acids is 2. The predicted molar refractivity (Wildman–Crippen MR) is 74.0 cm³/mol. The van der Waals surface area contributed by atoms with Gasteiger partial charge >= 0.3 is 0 Å². The first-order valence-electron chi connectivity index (χ1n) is 7.23. The molecular formula is C14H19N3O5. The summed E-state index contributed by atoms with van der Waals surface area (Å²) in [7, 11) is 0. The van der Waals surface area contributed by atoms with Crippen LogP contribution in [-0.4, -0.2) is 71.8 Å². The monoisotopic (exact) mass is 309 g/mol. The van der Waals surface area contributed by atoms with Gasteiger partial charge in [-0.15, -0.1) is 0 Å². The lowest BCUT2D eigenvalue weighted by Crippen LogP contribution is -2.63. The highest BCUT2D eigenvalue weighted by Crippen LogP contribution is 2.26. The molecule has 8 nitrogen and oxygen atoms in total. The molecule has 1 aromatic rings. The van der Waals surface area contributed by atoms with Crippen LogP contribution in [0.1, 0.15) is 23.2 Å². The van der Waals surface area contributed by atoms with Crippen molar-refractivity contribution in [2.24, 2.45) is 0 Å². The van der Waals surface area contributed by atoms with E-state index in [1.165, 1.54) is 13.3 Å². The number of aryl methyl sites for hydroxylation is 1. The first-order valence-corrected chi connectivity index (χ1v) is 7.23. The average molecular weight is 309 g/mol. The molecule has 2 aliphatic rings. The Kier molecular flexibility index (Phi) is 3.88. The standard InChI is InChI=1S/C14H19N3O5/c1-10-12(20-9-15-10)13(19)17-4-6-22-14(8-17)7-16(11(2)18)3-5-21-14/h9H,3-8H2,1-2H3. The van der Waals surface area contributed by atoms with Crippen molar-refractivity contribution >= 4 is 11.8 Å². The first kappa shape index (κ1) is 15.0. The summed E-state index contributed by atoms with van der Waals surface area (Å²) in [6.45, 7) is 5.55. The summed E-state index contributed by atoms with van der Waals surface area (Å²) in [6, 6.07) is 0. The molecule has 0 saturated carbocycles. The molecule has 0 aromatic carbocycles. The van der Waals surface area contributed by atoms with Crippen molar-refractivity contribution in [1.29, 1.82) is 0 Å². The van der Waals surface area contributed by atoms with E-state index in [0.29, 0.717) is 38.5 Å². The Balaban J connectivity index is 1.75. The number of aromatic nitrogens is 1. The molecule has 1 aromatic heterocycles. The van der Waals surface area contributed by atoms with Crippen LogP contribution in [0, 0.1) is 6.92 Å². The largest absolute Gasteiger partial charge is 0.438 e. The molecule has 0 radical (unpaired) electrons. The Bertz CT molecular complexity index is 583. The Morgan fingerprint density at radius 1 is 1.18 bits per heavy atom. The second-order valence-corrected chi connectivity index (χ2v) is 5.54. The van der Waals surface area contributed by atoms with Gasteiger partial charge < -0.3 is 23.7 Å². The molecule has 3 heterocycles. The summed E-state index contributed by atoms with van der Waals surface area (Å²) >= 11 is 0. The van der Waals surface area contributed by atoms with E-state index >= 15 is 0 Å². The Labute approximate surface area is 128 Å². The van der Waals surface area contributed by atoms with E-state index in [1.807, 2.05) is 0 Å². The molecule has 0 N–H and O–H groups in total. The zero-order valence-corrected chi connectivity index (χ0v) is 12.7. The van der Waals surface area contributed by atoms with Gasteiger partial charge in [0, 0.05) is 20.0 Å². The molecule has 3 rings (SSSR count). The quantitative estimate of drug-likeness (QED) is 0.727. The summed E-state index contributed by atoms with van der Waals surface area (Å²) in [4.78, 5) is 31.4. The van der Waals surface area contributed by atoms with E-state index in [4.69, 9.17) is 13.9 Å². The third kappa shape index (κ3) is 2.71. The molecule has 0 aliphatic carbocycles. The molecule has 120 valence electrons. The van der Waals surface area contributed by atoms with Crippen LogP contribution in [0.2, 0.25) is 0 Å². The summed E-state index contributed by atoms with van der Waals surface area (Å²) in [5.41, 5.74) is 0.556. The predicted octanol–water partition coefficient (Wildman–Crippen LogP) is 0.0304. The molecular weight excluding hydrogens is 290 g/mol. The van der Waals surface area contributed by atoms with Crippen molar-refractivity contribution in [3.8, 4) is 0 Å². The van der Waals surface area contributed by atoms with Crippen molar-refractivity contribution in [1.82, 2.24) is 14.8 Å². The number of oxazole rings is 1. The highest BCUT2D eigenvalue weighted by molar-refractivity contribution is 5.92. The van der Waals surface area contributed by atoms with Crippen LogP contribution in [0.5, 0.6) is 0 Å². The van der Waals surface area contributed by atoms with Crippen LogP contribution in [0.25, 0.3) is 0 Å². The minimum atomic E-state index is -0.953. The van der Waals surface area contributed by atoms with Gasteiger partial charge in [0.2, 0.25) is 17.5 Å². The highest BCUT2D eigenvalue weighted by Gasteiger charge is 2.44. The smallest absolute Gasteiger partial charge is 0.291 e. The van der Waals surface area contributed by atoms with Crippen molar-refractivity contribution in [3.63, 3.8) is 0 Å². The van der Waals surface area contributed by atoms with E-state index in [2.05, 4.69) is 4.98 Å². The van der Waals surface area contributed by atoms with Crippen LogP contribution in [0.15, 0.2) is 10.8 Å². The van der Waals surface area contributed by atoms with Gasteiger partial charge in [-0.1, -0.05) is 0 Å². The van der Waals surface area contributed by atoms with Gasteiger partial charge in [0.1, 0.15) is 0 Å². The number of amides is 2. The molecule has 8 heteroatoms. The lowest BCUT2D eigenvalue weighted by molar-refractivity contribution is -0.284. The topological polar surface area (TPSA) is 85.1 Å². The molecule has 1 unspecified atom stereocenters. The van der Waals surface area contributed by atoms with Gasteiger partial charge in [-0.3, -0.25) is 9.59 Å². The van der Waals surface area contributed by atoms with Gasteiger partial charge in [-0.2, -0.15) is 0 Å². The van der Waals surface area contributed by atoms with E-state index in [0.717, 1.165) is 0 Å². The fraction of sp³-hybridized carbons (Fsp3) is 0.643. The van der Waals surface area contributed by atoms with Crippen LogP contribution >= 0.6 is 0 Å².